The van der Waals surface area contributed by atoms with Crippen molar-refractivity contribution in [1.82, 2.24) is 9.55 Å². The lowest BCUT2D eigenvalue weighted by Crippen LogP contribution is -2.44. The molecule has 0 saturated carbocycles. The van der Waals surface area contributed by atoms with Crippen LogP contribution in [0.25, 0.3) is 33.1 Å². The Morgan fingerprint density at radius 2 is 2.00 bits per heavy atom. The van der Waals surface area contributed by atoms with Gasteiger partial charge in [0, 0.05) is 22.2 Å². The summed E-state index contributed by atoms with van der Waals surface area (Å²) in [5, 5.41) is 16.6. The van der Waals surface area contributed by atoms with Gasteiger partial charge in [0.15, 0.2) is 5.60 Å². The summed E-state index contributed by atoms with van der Waals surface area (Å²) in [6.07, 6.45) is 0.0908. The standard InChI is InChI=1S/C27H24N4O5/c1-3-27(35)20-10-22-23-15(11-31(22)25(33)19(20)12-36-26(27)34)8-18-17-9-16(29-24(32)13(2)28)6-4-14(17)5-7-21(18)30-23/h4-10,13,35H,3,11-12,28H2,1-2H3,(H,29,32)/t13-,27-/m0/s1. The molecule has 2 aromatic heterocycles. The van der Waals surface area contributed by atoms with Crippen molar-refractivity contribution in [3.8, 4) is 11.4 Å². The number of cyclic esters (lactones) is 1. The van der Waals surface area contributed by atoms with E-state index in [-0.39, 0.29) is 24.5 Å². The first-order chi connectivity index (χ1) is 17.2. The lowest BCUT2D eigenvalue weighted by molar-refractivity contribution is -0.172. The third-order valence-corrected chi connectivity index (χ3v) is 7.19. The van der Waals surface area contributed by atoms with E-state index < -0.39 is 17.6 Å². The average Bonchev–Trinajstić information content (AvgIpc) is 3.23. The van der Waals surface area contributed by atoms with Crippen molar-refractivity contribution in [2.75, 3.05) is 5.32 Å². The first-order valence-electron chi connectivity index (χ1n) is 11.8. The molecule has 0 bridgehead atoms. The van der Waals surface area contributed by atoms with Crippen molar-refractivity contribution in [2.24, 2.45) is 5.73 Å². The van der Waals surface area contributed by atoms with E-state index in [1.54, 1.807) is 24.5 Å². The Morgan fingerprint density at radius 3 is 2.75 bits per heavy atom. The predicted octanol–water partition coefficient (Wildman–Crippen LogP) is 2.52. The van der Waals surface area contributed by atoms with Gasteiger partial charge < -0.3 is 25.5 Å². The van der Waals surface area contributed by atoms with Crippen LogP contribution in [-0.2, 0) is 33.1 Å². The van der Waals surface area contributed by atoms with Crippen molar-refractivity contribution in [3.63, 3.8) is 0 Å². The molecule has 36 heavy (non-hydrogen) atoms. The fraction of sp³-hybridized carbons (Fsp3) is 0.259. The predicted molar refractivity (Wildman–Crippen MR) is 134 cm³/mol. The summed E-state index contributed by atoms with van der Waals surface area (Å²) >= 11 is 0. The number of nitrogens with one attached hydrogen (secondary N) is 1. The van der Waals surface area contributed by atoms with Gasteiger partial charge in [-0.25, -0.2) is 9.78 Å². The van der Waals surface area contributed by atoms with Crippen LogP contribution in [0.3, 0.4) is 0 Å². The van der Waals surface area contributed by atoms with E-state index in [0.717, 1.165) is 27.2 Å². The number of nitrogens with two attached hydrogens (primary N) is 1. The number of carbonyl (C=O) groups is 2. The van der Waals surface area contributed by atoms with E-state index in [1.807, 2.05) is 36.4 Å². The molecular formula is C27H24N4O5. The van der Waals surface area contributed by atoms with E-state index in [4.69, 9.17) is 15.5 Å². The minimum absolute atomic E-state index is 0.0908. The van der Waals surface area contributed by atoms with Crippen LogP contribution in [0.15, 0.2) is 47.3 Å². The number of esters is 1. The molecule has 0 spiro atoms. The number of rotatable bonds is 3. The van der Waals surface area contributed by atoms with Gasteiger partial charge in [-0.15, -0.1) is 0 Å². The summed E-state index contributed by atoms with van der Waals surface area (Å²) < 4.78 is 6.75. The Morgan fingerprint density at radius 1 is 1.22 bits per heavy atom. The van der Waals surface area contributed by atoms with Crippen LogP contribution >= 0.6 is 0 Å². The van der Waals surface area contributed by atoms with Crippen molar-refractivity contribution >= 4 is 39.2 Å². The number of benzene rings is 2. The SMILES string of the molecule is CC[C@@]1(O)C(=O)OCc2c1cc1n(c2=O)Cc2cc3c(ccc4ccc(NC(=O)[C@H](C)N)cc43)nc2-1. The van der Waals surface area contributed by atoms with Gasteiger partial charge in [0.1, 0.15) is 6.61 Å². The van der Waals surface area contributed by atoms with Gasteiger partial charge in [-0.05, 0) is 54.4 Å². The number of amides is 1. The van der Waals surface area contributed by atoms with Gasteiger partial charge in [-0.2, -0.15) is 0 Å². The molecule has 1 amide bonds. The summed E-state index contributed by atoms with van der Waals surface area (Å²) in [5.41, 5.74) is 7.53. The summed E-state index contributed by atoms with van der Waals surface area (Å²) in [4.78, 5) is 42.7. The molecule has 2 aliphatic heterocycles. The highest BCUT2D eigenvalue weighted by Gasteiger charge is 2.45. The maximum absolute atomic E-state index is 13.4. The van der Waals surface area contributed by atoms with Gasteiger partial charge >= 0.3 is 5.97 Å². The zero-order valence-electron chi connectivity index (χ0n) is 19.8. The average molecular weight is 485 g/mol. The zero-order valence-corrected chi connectivity index (χ0v) is 19.8. The Labute approximate surface area is 205 Å². The molecule has 4 aromatic rings. The van der Waals surface area contributed by atoms with Crippen LogP contribution in [-0.4, -0.2) is 32.6 Å². The summed E-state index contributed by atoms with van der Waals surface area (Å²) in [7, 11) is 0. The maximum atomic E-state index is 13.4. The number of fused-ring (bicyclic) bond motifs is 7. The van der Waals surface area contributed by atoms with Gasteiger partial charge in [0.2, 0.25) is 5.91 Å². The summed E-state index contributed by atoms with van der Waals surface area (Å²) in [6.45, 7) is 3.45. The van der Waals surface area contributed by atoms with Gasteiger partial charge in [-0.3, -0.25) is 9.59 Å². The number of pyridine rings is 2. The lowest BCUT2D eigenvalue weighted by atomic mass is 9.86. The maximum Gasteiger partial charge on any atom is 0.343 e. The minimum Gasteiger partial charge on any atom is -0.458 e. The molecule has 4 heterocycles. The Bertz CT molecular complexity index is 1690. The third-order valence-electron chi connectivity index (χ3n) is 7.19. The molecule has 2 atom stereocenters. The highest BCUT2D eigenvalue weighted by Crippen LogP contribution is 2.39. The van der Waals surface area contributed by atoms with E-state index >= 15 is 0 Å². The smallest absolute Gasteiger partial charge is 0.343 e. The topological polar surface area (TPSA) is 137 Å². The quantitative estimate of drug-likeness (QED) is 0.264. The second-order valence-electron chi connectivity index (χ2n) is 9.45. The van der Waals surface area contributed by atoms with Crippen molar-refractivity contribution in [2.45, 2.75) is 45.1 Å². The van der Waals surface area contributed by atoms with Crippen molar-refractivity contribution in [1.29, 1.82) is 0 Å². The van der Waals surface area contributed by atoms with Gasteiger partial charge in [0.05, 0.1) is 35.1 Å². The number of aromatic nitrogens is 2. The molecule has 9 heteroatoms. The van der Waals surface area contributed by atoms with E-state index in [9.17, 15) is 19.5 Å². The molecule has 4 N–H and O–H groups in total. The highest BCUT2D eigenvalue weighted by atomic mass is 16.6. The molecule has 2 aliphatic rings. The first kappa shape index (κ1) is 22.4. The molecule has 0 fully saturated rings. The number of hydrogen-bond donors (Lipinski definition) is 3. The second-order valence-corrected chi connectivity index (χ2v) is 9.45. The van der Waals surface area contributed by atoms with E-state index in [2.05, 4.69) is 5.32 Å². The molecule has 182 valence electrons. The van der Waals surface area contributed by atoms with Crippen LogP contribution in [0.5, 0.6) is 0 Å². The fourth-order valence-electron chi connectivity index (χ4n) is 5.11. The molecule has 0 saturated heterocycles. The van der Waals surface area contributed by atoms with Crippen LogP contribution in [0, 0.1) is 0 Å². The van der Waals surface area contributed by atoms with Crippen LogP contribution < -0.4 is 16.6 Å². The number of carbonyl (C=O) groups excluding carboxylic acids is 2. The molecule has 2 aromatic carbocycles. The third kappa shape index (κ3) is 3.09. The monoisotopic (exact) mass is 484 g/mol. The van der Waals surface area contributed by atoms with E-state index in [0.29, 0.717) is 34.7 Å². The number of nitrogens with zero attached hydrogens (tertiary/aromatic N) is 2. The number of hydrogen-bond acceptors (Lipinski definition) is 7. The lowest BCUT2D eigenvalue weighted by Gasteiger charge is -2.31. The highest BCUT2D eigenvalue weighted by molar-refractivity contribution is 6.09. The number of anilines is 1. The normalized spacial score (nSPS) is 18.9. The summed E-state index contributed by atoms with van der Waals surface area (Å²) in [5.74, 6) is -1.02. The van der Waals surface area contributed by atoms with Crippen molar-refractivity contribution in [3.05, 3.63) is 69.5 Å². The van der Waals surface area contributed by atoms with E-state index in [1.165, 1.54) is 0 Å². The van der Waals surface area contributed by atoms with Gasteiger partial charge in [-0.1, -0.05) is 19.1 Å². The van der Waals surface area contributed by atoms with Crippen LogP contribution in [0.1, 0.15) is 37.0 Å². The second kappa shape index (κ2) is 7.71. The minimum atomic E-state index is -1.86. The molecule has 0 unspecified atom stereocenters. The van der Waals surface area contributed by atoms with Crippen molar-refractivity contribution < 1.29 is 19.4 Å². The fourth-order valence-corrected chi connectivity index (χ4v) is 5.11. The Kier molecular flexibility index (Phi) is 4.79. The molecule has 0 radical (unpaired) electrons. The van der Waals surface area contributed by atoms with Crippen LogP contribution in [0.2, 0.25) is 0 Å². The number of aliphatic hydroxyl groups is 1. The first-order valence-corrected chi connectivity index (χ1v) is 11.8. The number of ether oxygens (including phenoxy) is 1. The molecular weight excluding hydrogens is 460 g/mol. The molecule has 0 aliphatic carbocycles. The molecule has 9 nitrogen and oxygen atoms in total. The Balaban J connectivity index is 1.53. The Hall–Kier alpha value is -4.08. The molecule has 6 rings (SSSR count). The van der Waals surface area contributed by atoms with Crippen LogP contribution in [0.4, 0.5) is 5.69 Å². The largest absolute Gasteiger partial charge is 0.458 e. The van der Waals surface area contributed by atoms with Gasteiger partial charge in [0.25, 0.3) is 5.56 Å². The summed E-state index contributed by atoms with van der Waals surface area (Å²) in [6, 6.07) is 12.6. The zero-order chi connectivity index (χ0) is 25.4.